The Morgan fingerprint density at radius 1 is 0.964 bits per heavy atom. The molecule has 0 aliphatic heterocycles. The second kappa shape index (κ2) is 8.54. The fourth-order valence-electron chi connectivity index (χ4n) is 2.82. The SMILES string of the molecule is COc1cc(-c2cccs2)cc(OC)c1C=CC(=O)c1ccccc1C(=O)O. The number of rotatable bonds is 7. The third kappa shape index (κ3) is 3.97. The zero-order chi connectivity index (χ0) is 20.1. The number of carboxylic acids is 1. The predicted octanol–water partition coefficient (Wildman–Crippen LogP) is 5.03. The molecule has 3 rings (SSSR count). The third-order valence-corrected chi connectivity index (χ3v) is 5.09. The Morgan fingerprint density at radius 3 is 2.14 bits per heavy atom. The topological polar surface area (TPSA) is 72.8 Å². The molecular formula is C22H18O5S. The molecule has 0 unspecified atom stereocenters. The number of carbonyl (C=O) groups is 2. The number of benzene rings is 2. The molecule has 2 aromatic carbocycles. The average molecular weight is 394 g/mol. The van der Waals surface area contributed by atoms with Gasteiger partial charge in [-0.15, -0.1) is 11.3 Å². The van der Waals surface area contributed by atoms with Crippen molar-refractivity contribution >= 4 is 29.2 Å². The molecule has 3 aromatic rings. The van der Waals surface area contributed by atoms with Crippen molar-refractivity contribution in [1.29, 1.82) is 0 Å². The summed E-state index contributed by atoms with van der Waals surface area (Å²) in [5.74, 6) is -0.450. The molecule has 1 N–H and O–H groups in total. The molecule has 0 aliphatic carbocycles. The number of carbonyl (C=O) groups excluding carboxylic acids is 1. The van der Waals surface area contributed by atoms with Gasteiger partial charge in [0.1, 0.15) is 11.5 Å². The van der Waals surface area contributed by atoms with Crippen molar-refractivity contribution in [3.05, 3.63) is 76.7 Å². The van der Waals surface area contributed by atoms with Crippen molar-refractivity contribution in [2.75, 3.05) is 14.2 Å². The molecule has 0 radical (unpaired) electrons. The Balaban J connectivity index is 2.00. The van der Waals surface area contributed by atoms with Gasteiger partial charge in [0, 0.05) is 10.4 Å². The summed E-state index contributed by atoms with van der Waals surface area (Å²) in [6.07, 6.45) is 2.91. The van der Waals surface area contributed by atoms with E-state index in [0.717, 1.165) is 10.4 Å². The number of hydrogen-bond donors (Lipinski definition) is 1. The summed E-state index contributed by atoms with van der Waals surface area (Å²) < 4.78 is 11.0. The van der Waals surface area contributed by atoms with Gasteiger partial charge in [-0.1, -0.05) is 24.3 Å². The molecule has 142 valence electrons. The van der Waals surface area contributed by atoms with E-state index in [1.165, 1.54) is 18.2 Å². The van der Waals surface area contributed by atoms with Crippen LogP contribution in [0, 0.1) is 0 Å². The maximum absolute atomic E-state index is 12.6. The van der Waals surface area contributed by atoms with Crippen LogP contribution in [-0.2, 0) is 0 Å². The number of ketones is 1. The highest BCUT2D eigenvalue weighted by molar-refractivity contribution is 7.13. The van der Waals surface area contributed by atoms with E-state index in [1.807, 2.05) is 29.6 Å². The van der Waals surface area contributed by atoms with E-state index in [0.29, 0.717) is 17.1 Å². The molecular weight excluding hydrogens is 376 g/mol. The van der Waals surface area contributed by atoms with Crippen LogP contribution in [0.1, 0.15) is 26.3 Å². The standard InChI is InChI=1S/C22H18O5S/c1-26-19-12-14(21-8-5-11-28-21)13-20(27-2)17(19)9-10-18(23)15-6-3-4-7-16(15)22(24)25/h3-13H,1-2H3,(H,24,25). The lowest BCUT2D eigenvalue weighted by molar-refractivity contribution is 0.0693. The molecule has 5 nitrogen and oxygen atoms in total. The van der Waals surface area contributed by atoms with Gasteiger partial charge in [-0.3, -0.25) is 4.79 Å². The largest absolute Gasteiger partial charge is 0.496 e. The second-order valence-corrected chi connectivity index (χ2v) is 6.77. The first-order chi connectivity index (χ1) is 13.5. The van der Waals surface area contributed by atoms with Crippen molar-refractivity contribution < 1.29 is 24.2 Å². The molecule has 0 fully saturated rings. The Kier molecular flexibility index (Phi) is 5.91. The summed E-state index contributed by atoms with van der Waals surface area (Å²) in [5.41, 5.74) is 1.64. The van der Waals surface area contributed by atoms with Gasteiger partial charge in [-0.05, 0) is 47.4 Å². The van der Waals surface area contributed by atoms with E-state index < -0.39 is 11.8 Å². The van der Waals surface area contributed by atoms with Crippen LogP contribution in [0.4, 0.5) is 0 Å². The smallest absolute Gasteiger partial charge is 0.336 e. The summed E-state index contributed by atoms with van der Waals surface area (Å²) in [6, 6.07) is 13.8. The summed E-state index contributed by atoms with van der Waals surface area (Å²) in [6.45, 7) is 0. The Hall–Kier alpha value is -3.38. The highest BCUT2D eigenvalue weighted by Crippen LogP contribution is 2.37. The third-order valence-electron chi connectivity index (χ3n) is 4.17. The lowest BCUT2D eigenvalue weighted by Gasteiger charge is -2.12. The van der Waals surface area contributed by atoms with E-state index in [1.54, 1.807) is 43.8 Å². The Labute approximate surface area is 166 Å². The molecule has 0 saturated heterocycles. The van der Waals surface area contributed by atoms with E-state index in [-0.39, 0.29) is 11.1 Å². The Bertz CT molecular complexity index is 1010. The highest BCUT2D eigenvalue weighted by atomic mass is 32.1. The summed E-state index contributed by atoms with van der Waals surface area (Å²) >= 11 is 1.60. The zero-order valence-corrected chi connectivity index (χ0v) is 16.2. The van der Waals surface area contributed by atoms with Gasteiger partial charge in [0.25, 0.3) is 0 Å². The van der Waals surface area contributed by atoms with Crippen LogP contribution in [0.2, 0.25) is 0 Å². The van der Waals surface area contributed by atoms with Crippen molar-refractivity contribution in [3.63, 3.8) is 0 Å². The number of ether oxygens (including phenoxy) is 2. The summed E-state index contributed by atoms with van der Waals surface area (Å²) in [4.78, 5) is 25.0. The molecule has 0 amide bonds. The lowest BCUT2D eigenvalue weighted by atomic mass is 10.0. The number of hydrogen-bond acceptors (Lipinski definition) is 5. The molecule has 1 heterocycles. The van der Waals surface area contributed by atoms with Crippen LogP contribution in [0.5, 0.6) is 11.5 Å². The number of thiophene rings is 1. The van der Waals surface area contributed by atoms with Gasteiger partial charge in [0.2, 0.25) is 0 Å². The summed E-state index contributed by atoms with van der Waals surface area (Å²) in [5, 5.41) is 11.3. The van der Waals surface area contributed by atoms with E-state index in [2.05, 4.69) is 0 Å². The monoisotopic (exact) mass is 394 g/mol. The lowest BCUT2D eigenvalue weighted by Crippen LogP contribution is -2.06. The first-order valence-electron chi connectivity index (χ1n) is 8.39. The van der Waals surface area contributed by atoms with Crippen molar-refractivity contribution in [1.82, 2.24) is 0 Å². The van der Waals surface area contributed by atoms with Gasteiger partial charge in [-0.25, -0.2) is 4.79 Å². The zero-order valence-electron chi connectivity index (χ0n) is 15.3. The minimum absolute atomic E-state index is 0.0378. The fraction of sp³-hybridized carbons (Fsp3) is 0.0909. The van der Waals surface area contributed by atoms with Crippen LogP contribution in [-0.4, -0.2) is 31.1 Å². The number of carboxylic acid groups (broad SMARTS) is 1. The predicted molar refractivity (Wildman–Crippen MR) is 110 cm³/mol. The molecule has 0 spiro atoms. The maximum atomic E-state index is 12.6. The highest BCUT2D eigenvalue weighted by Gasteiger charge is 2.15. The van der Waals surface area contributed by atoms with Gasteiger partial charge in [0.15, 0.2) is 5.78 Å². The van der Waals surface area contributed by atoms with Crippen LogP contribution >= 0.6 is 11.3 Å². The van der Waals surface area contributed by atoms with E-state index in [4.69, 9.17) is 9.47 Å². The van der Waals surface area contributed by atoms with Crippen molar-refractivity contribution in [3.8, 4) is 21.9 Å². The fourth-order valence-corrected chi connectivity index (χ4v) is 3.54. The second-order valence-electron chi connectivity index (χ2n) is 5.82. The minimum Gasteiger partial charge on any atom is -0.496 e. The number of allylic oxidation sites excluding steroid dienone is 1. The van der Waals surface area contributed by atoms with E-state index >= 15 is 0 Å². The molecule has 1 aromatic heterocycles. The van der Waals surface area contributed by atoms with Crippen LogP contribution in [0.25, 0.3) is 16.5 Å². The van der Waals surface area contributed by atoms with Gasteiger partial charge in [0.05, 0.1) is 25.3 Å². The molecule has 0 bridgehead atoms. The van der Waals surface area contributed by atoms with Crippen molar-refractivity contribution in [2.45, 2.75) is 0 Å². The molecule has 0 saturated carbocycles. The van der Waals surface area contributed by atoms with E-state index in [9.17, 15) is 14.7 Å². The molecule has 0 aliphatic rings. The van der Waals surface area contributed by atoms with Gasteiger partial charge >= 0.3 is 5.97 Å². The Morgan fingerprint density at radius 2 is 1.61 bits per heavy atom. The summed E-state index contributed by atoms with van der Waals surface area (Å²) in [7, 11) is 3.09. The van der Waals surface area contributed by atoms with Crippen LogP contribution in [0.15, 0.2) is 60.0 Å². The maximum Gasteiger partial charge on any atom is 0.336 e. The molecule has 28 heavy (non-hydrogen) atoms. The first-order valence-corrected chi connectivity index (χ1v) is 9.27. The minimum atomic E-state index is -1.15. The van der Waals surface area contributed by atoms with Gasteiger partial charge in [-0.2, -0.15) is 0 Å². The molecule has 6 heteroatoms. The number of methoxy groups -OCH3 is 2. The first kappa shape index (κ1) is 19.4. The van der Waals surface area contributed by atoms with Crippen LogP contribution < -0.4 is 9.47 Å². The van der Waals surface area contributed by atoms with Gasteiger partial charge < -0.3 is 14.6 Å². The number of aromatic carboxylic acids is 1. The quantitative estimate of drug-likeness (QED) is 0.450. The van der Waals surface area contributed by atoms with Crippen molar-refractivity contribution in [2.24, 2.45) is 0 Å². The normalized spacial score (nSPS) is 10.8. The van der Waals surface area contributed by atoms with Crippen LogP contribution in [0.3, 0.4) is 0 Å². The molecule has 0 atom stereocenters. The average Bonchev–Trinajstić information content (AvgIpc) is 3.26.